The predicted molar refractivity (Wildman–Crippen MR) is 59.0 cm³/mol. The second kappa shape index (κ2) is 4.61. The maximum absolute atomic E-state index is 13.6. The largest absolute Gasteiger partial charge is 0.394 e. The zero-order valence-electron chi connectivity index (χ0n) is 9.15. The summed E-state index contributed by atoms with van der Waals surface area (Å²) in [6.45, 7) is 0.751. The summed E-state index contributed by atoms with van der Waals surface area (Å²) >= 11 is 0. The van der Waals surface area contributed by atoms with Crippen LogP contribution < -0.4 is 10.2 Å². The van der Waals surface area contributed by atoms with Crippen LogP contribution in [-0.4, -0.2) is 41.3 Å². The molecule has 2 rings (SSSR count). The van der Waals surface area contributed by atoms with Crippen LogP contribution in [0.5, 0.6) is 0 Å². The molecule has 16 heavy (non-hydrogen) atoms. The molecular formula is C10H15FN4O. The summed E-state index contributed by atoms with van der Waals surface area (Å²) in [6, 6.07) is -0.0332. The topological polar surface area (TPSA) is 61.3 Å². The van der Waals surface area contributed by atoms with Crippen LogP contribution in [0.4, 0.5) is 16.2 Å². The highest BCUT2D eigenvalue weighted by Crippen LogP contribution is 2.26. The van der Waals surface area contributed by atoms with Crippen LogP contribution in [0.15, 0.2) is 6.20 Å². The van der Waals surface area contributed by atoms with Crippen molar-refractivity contribution in [1.82, 2.24) is 9.97 Å². The molecule has 1 atom stereocenters. The van der Waals surface area contributed by atoms with Crippen molar-refractivity contribution >= 4 is 11.8 Å². The molecule has 1 aromatic heterocycles. The quantitative estimate of drug-likeness (QED) is 0.791. The predicted octanol–water partition coefficient (Wildman–Crippen LogP) is 0.618. The Kier molecular flexibility index (Phi) is 3.19. The number of anilines is 2. The molecule has 0 bridgehead atoms. The first-order valence-corrected chi connectivity index (χ1v) is 5.34. The number of nitrogens with zero attached hydrogens (tertiary/aromatic N) is 3. The molecule has 0 spiro atoms. The fourth-order valence-electron chi connectivity index (χ4n) is 1.98. The maximum Gasteiger partial charge on any atom is 0.224 e. The first-order chi connectivity index (χ1) is 7.76. The van der Waals surface area contributed by atoms with Gasteiger partial charge in [0.1, 0.15) is 0 Å². The molecule has 0 aliphatic carbocycles. The van der Waals surface area contributed by atoms with E-state index in [0.717, 1.165) is 25.6 Å². The summed E-state index contributed by atoms with van der Waals surface area (Å²) < 4.78 is 13.6. The van der Waals surface area contributed by atoms with Gasteiger partial charge in [-0.1, -0.05) is 0 Å². The second-order valence-electron chi connectivity index (χ2n) is 3.79. The average Bonchev–Trinajstić information content (AvgIpc) is 2.77. The van der Waals surface area contributed by atoms with E-state index in [1.54, 1.807) is 11.9 Å². The Labute approximate surface area is 93.3 Å². The van der Waals surface area contributed by atoms with Crippen molar-refractivity contribution in [2.24, 2.45) is 0 Å². The Hall–Kier alpha value is -1.43. The molecule has 88 valence electrons. The molecule has 0 saturated carbocycles. The van der Waals surface area contributed by atoms with Crippen LogP contribution in [0.2, 0.25) is 0 Å². The Morgan fingerprint density at radius 2 is 2.50 bits per heavy atom. The van der Waals surface area contributed by atoms with Gasteiger partial charge in [0.2, 0.25) is 5.95 Å². The first-order valence-electron chi connectivity index (χ1n) is 5.34. The summed E-state index contributed by atoms with van der Waals surface area (Å²) in [5.74, 6) is 0.218. The number of nitrogens with one attached hydrogen (secondary N) is 1. The Bertz CT molecular complexity index is 374. The molecule has 1 aromatic rings. The monoisotopic (exact) mass is 226 g/mol. The number of aromatic nitrogens is 2. The van der Waals surface area contributed by atoms with Gasteiger partial charge in [0, 0.05) is 13.6 Å². The SMILES string of the molecule is CNc1ncc(F)c(N2CCCC2CO)n1. The van der Waals surface area contributed by atoms with Gasteiger partial charge in [-0.05, 0) is 12.8 Å². The Morgan fingerprint density at radius 1 is 1.69 bits per heavy atom. The van der Waals surface area contributed by atoms with Crippen LogP contribution in [0.25, 0.3) is 0 Å². The summed E-state index contributed by atoms with van der Waals surface area (Å²) in [5, 5.41) is 12.0. The standard InChI is InChI=1S/C10H15FN4O/c1-12-10-13-5-8(11)9(14-10)15-4-2-3-7(15)6-16/h5,7,16H,2-4,6H2,1H3,(H,12,13,14). The van der Waals surface area contributed by atoms with Crippen LogP contribution in [0.3, 0.4) is 0 Å². The zero-order chi connectivity index (χ0) is 11.5. The third-order valence-corrected chi connectivity index (χ3v) is 2.81. The van der Waals surface area contributed by atoms with Crippen molar-refractivity contribution in [3.05, 3.63) is 12.0 Å². The molecule has 0 aromatic carbocycles. The molecule has 1 aliphatic heterocycles. The van der Waals surface area contributed by atoms with E-state index in [9.17, 15) is 9.50 Å². The second-order valence-corrected chi connectivity index (χ2v) is 3.79. The third kappa shape index (κ3) is 1.92. The van der Waals surface area contributed by atoms with Crippen molar-refractivity contribution in [1.29, 1.82) is 0 Å². The lowest BCUT2D eigenvalue weighted by Crippen LogP contribution is -2.33. The van der Waals surface area contributed by atoms with E-state index >= 15 is 0 Å². The van der Waals surface area contributed by atoms with E-state index in [-0.39, 0.29) is 18.5 Å². The van der Waals surface area contributed by atoms with E-state index in [0.29, 0.717) is 5.95 Å². The normalized spacial score (nSPS) is 20.2. The minimum absolute atomic E-state index is 0.0261. The molecule has 5 nitrogen and oxygen atoms in total. The van der Waals surface area contributed by atoms with Crippen molar-refractivity contribution in [3.8, 4) is 0 Å². The molecule has 0 radical (unpaired) electrons. The van der Waals surface area contributed by atoms with E-state index in [1.165, 1.54) is 0 Å². The Morgan fingerprint density at radius 3 is 3.19 bits per heavy atom. The van der Waals surface area contributed by atoms with Gasteiger partial charge in [0.15, 0.2) is 11.6 Å². The van der Waals surface area contributed by atoms with Crippen molar-refractivity contribution in [2.45, 2.75) is 18.9 Å². The number of halogens is 1. The van der Waals surface area contributed by atoms with Crippen LogP contribution in [0.1, 0.15) is 12.8 Å². The minimum Gasteiger partial charge on any atom is -0.394 e. The molecule has 1 aliphatic rings. The van der Waals surface area contributed by atoms with Gasteiger partial charge in [-0.15, -0.1) is 0 Å². The van der Waals surface area contributed by atoms with Gasteiger partial charge in [-0.2, -0.15) is 4.98 Å². The van der Waals surface area contributed by atoms with E-state index in [1.807, 2.05) is 0 Å². The van der Waals surface area contributed by atoms with Gasteiger partial charge in [-0.3, -0.25) is 0 Å². The van der Waals surface area contributed by atoms with Crippen LogP contribution in [-0.2, 0) is 0 Å². The maximum atomic E-state index is 13.6. The molecular weight excluding hydrogens is 211 g/mol. The summed E-state index contributed by atoms with van der Waals surface area (Å²) in [5.41, 5.74) is 0. The summed E-state index contributed by atoms with van der Waals surface area (Å²) in [7, 11) is 1.69. The number of hydrogen-bond acceptors (Lipinski definition) is 5. The molecule has 1 unspecified atom stereocenters. The van der Waals surface area contributed by atoms with Crippen molar-refractivity contribution in [2.75, 3.05) is 30.4 Å². The van der Waals surface area contributed by atoms with Gasteiger partial charge in [-0.25, -0.2) is 9.37 Å². The van der Waals surface area contributed by atoms with Gasteiger partial charge >= 0.3 is 0 Å². The van der Waals surface area contributed by atoms with Crippen molar-refractivity contribution < 1.29 is 9.50 Å². The van der Waals surface area contributed by atoms with E-state index in [2.05, 4.69) is 15.3 Å². The molecule has 0 amide bonds. The third-order valence-electron chi connectivity index (χ3n) is 2.81. The first kappa shape index (κ1) is 11.1. The zero-order valence-corrected chi connectivity index (χ0v) is 9.15. The Balaban J connectivity index is 2.31. The molecule has 1 fully saturated rings. The molecule has 6 heteroatoms. The lowest BCUT2D eigenvalue weighted by atomic mass is 10.2. The lowest BCUT2D eigenvalue weighted by molar-refractivity contribution is 0.265. The highest BCUT2D eigenvalue weighted by atomic mass is 19.1. The minimum atomic E-state index is -0.445. The smallest absolute Gasteiger partial charge is 0.224 e. The van der Waals surface area contributed by atoms with E-state index < -0.39 is 5.82 Å². The molecule has 2 heterocycles. The highest BCUT2D eigenvalue weighted by Gasteiger charge is 2.27. The van der Waals surface area contributed by atoms with Crippen molar-refractivity contribution in [3.63, 3.8) is 0 Å². The van der Waals surface area contributed by atoms with Crippen LogP contribution >= 0.6 is 0 Å². The lowest BCUT2D eigenvalue weighted by Gasteiger charge is -2.24. The number of hydrogen-bond donors (Lipinski definition) is 2. The molecule has 2 N–H and O–H groups in total. The number of rotatable bonds is 3. The van der Waals surface area contributed by atoms with Gasteiger partial charge < -0.3 is 15.3 Å². The summed E-state index contributed by atoms with van der Waals surface area (Å²) in [4.78, 5) is 9.69. The van der Waals surface area contributed by atoms with Gasteiger partial charge in [0.05, 0.1) is 18.8 Å². The molecule has 1 saturated heterocycles. The number of aliphatic hydroxyl groups excluding tert-OH is 1. The highest BCUT2D eigenvalue weighted by molar-refractivity contribution is 5.45. The number of aliphatic hydroxyl groups is 1. The average molecular weight is 226 g/mol. The fourth-order valence-corrected chi connectivity index (χ4v) is 1.98. The fraction of sp³-hybridized carbons (Fsp3) is 0.600. The summed E-state index contributed by atoms with van der Waals surface area (Å²) in [6.07, 6.45) is 2.97. The van der Waals surface area contributed by atoms with Gasteiger partial charge in [0.25, 0.3) is 0 Å². The van der Waals surface area contributed by atoms with E-state index in [4.69, 9.17) is 0 Å². The van der Waals surface area contributed by atoms with Crippen LogP contribution in [0, 0.1) is 5.82 Å².